The monoisotopic (exact) mass is 503 g/mol. The summed E-state index contributed by atoms with van der Waals surface area (Å²) < 4.78 is 23.0. The van der Waals surface area contributed by atoms with Crippen LogP contribution in [-0.2, 0) is 10.0 Å². The van der Waals surface area contributed by atoms with Crippen LogP contribution in [0.3, 0.4) is 0 Å². The average molecular weight is 504 g/mol. The highest BCUT2D eigenvalue weighted by Gasteiger charge is 2.23. The van der Waals surface area contributed by atoms with Gasteiger partial charge in [0.05, 0.1) is 10.4 Å². The summed E-state index contributed by atoms with van der Waals surface area (Å²) in [5.41, 5.74) is 3.35. The molecule has 1 fully saturated rings. The molecule has 1 unspecified atom stereocenters. The van der Waals surface area contributed by atoms with Crippen LogP contribution < -0.4 is 21.1 Å². The molecule has 0 spiro atoms. The van der Waals surface area contributed by atoms with Crippen LogP contribution in [0.2, 0.25) is 0 Å². The third-order valence-electron chi connectivity index (χ3n) is 6.48. The summed E-state index contributed by atoms with van der Waals surface area (Å²) >= 11 is 0. The van der Waals surface area contributed by atoms with Crippen LogP contribution in [0.25, 0.3) is 22.0 Å². The van der Waals surface area contributed by atoms with Crippen LogP contribution in [-0.4, -0.2) is 42.0 Å². The topological polar surface area (TPSA) is 135 Å². The van der Waals surface area contributed by atoms with Crippen molar-refractivity contribution in [2.75, 3.05) is 17.2 Å². The molecule has 1 aliphatic heterocycles. The fraction of sp³-hybridized carbons (Fsp3) is 0.269. The lowest BCUT2D eigenvalue weighted by Gasteiger charge is -2.24. The van der Waals surface area contributed by atoms with Crippen LogP contribution in [0.15, 0.2) is 71.9 Å². The highest BCUT2D eigenvalue weighted by atomic mass is 32.2. The number of pyridine rings is 1. The van der Waals surface area contributed by atoms with Gasteiger partial charge in [0.1, 0.15) is 5.82 Å². The molecule has 10 heteroatoms. The Kier molecular flexibility index (Phi) is 6.82. The molecule has 5 rings (SSSR count). The summed E-state index contributed by atoms with van der Waals surface area (Å²) in [5.74, 6) is 1.26. The number of hydrogen-bond acceptors (Lipinski definition) is 8. The zero-order valence-corrected chi connectivity index (χ0v) is 20.8. The van der Waals surface area contributed by atoms with E-state index in [1.165, 1.54) is 25.0 Å². The van der Waals surface area contributed by atoms with E-state index in [9.17, 15) is 8.42 Å². The summed E-state index contributed by atoms with van der Waals surface area (Å²) in [6.45, 7) is 3.28. The molecule has 2 aromatic carbocycles. The summed E-state index contributed by atoms with van der Waals surface area (Å²) in [4.78, 5) is 13.9. The molecule has 36 heavy (non-hydrogen) atoms. The maximum atomic E-state index is 11.5. The van der Waals surface area contributed by atoms with Gasteiger partial charge in [0.15, 0.2) is 0 Å². The Morgan fingerprint density at radius 2 is 1.92 bits per heavy atom. The third kappa shape index (κ3) is 5.30. The van der Waals surface area contributed by atoms with Crippen LogP contribution in [0.1, 0.15) is 26.2 Å². The van der Waals surface area contributed by atoms with Gasteiger partial charge in [-0.1, -0.05) is 25.1 Å². The largest absolute Gasteiger partial charge is 0.366 e. The number of sulfonamides is 1. The number of hydrogen-bond donors (Lipinski definition) is 4. The quantitative estimate of drug-likeness (QED) is 0.283. The zero-order valence-electron chi connectivity index (χ0n) is 20.0. The molecule has 5 N–H and O–H groups in total. The van der Waals surface area contributed by atoms with E-state index in [2.05, 4.69) is 38.9 Å². The van der Waals surface area contributed by atoms with Gasteiger partial charge in [-0.15, -0.1) is 0 Å². The Hall–Kier alpha value is -3.60. The van der Waals surface area contributed by atoms with Gasteiger partial charge in [0.25, 0.3) is 0 Å². The van der Waals surface area contributed by atoms with Crippen molar-refractivity contribution in [1.29, 1.82) is 0 Å². The Bertz CT molecular complexity index is 1450. The molecule has 0 radical (unpaired) electrons. The van der Waals surface area contributed by atoms with E-state index in [-0.39, 0.29) is 4.90 Å². The second-order valence-electron chi connectivity index (χ2n) is 8.93. The second-order valence-corrected chi connectivity index (χ2v) is 10.5. The van der Waals surface area contributed by atoms with Crippen LogP contribution in [0, 0.1) is 0 Å². The Morgan fingerprint density at radius 3 is 2.58 bits per heavy atom. The van der Waals surface area contributed by atoms with Crippen molar-refractivity contribution < 1.29 is 8.42 Å². The lowest BCUT2D eigenvalue weighted by Crippen LogP contribution is -2.39. The number of nitrogens with two attached hydrogens (primary N) is 1. The number of para-hydroxylation sites is 1. The molecule has 9 nitrogen and oxygen atoms in total. The maximum absolute atomic E-state index is 11.5. The first-order valence-electron chi connectivity index (χ1n) is 12.0. The van der Waals surface area contributed by atoms with Gasteiger partial charge in [0.2, 0.25) is 16.0 Å². The minimum atomic E-state index is -3.75. The molecule has 0 saturated carbocycles. The summed E-state index contributed by atoms with van der Waals surface area (Å²) in [7, 11) is -3.75. The predicted octanol–water partition coefficient (Wildman–Crippen LogP) is 4.03. The van der Waals surface area contributed by atoms with Gasteiger partial charge < -0.3 is 16.0 Å². The van der Waals surface area contributed by atoms with Gasteiger partial charge in [-0.2, -0.15) is 0 Å². The number of anilines is 3. The number of fused-ring (bicyclic) bond motifs is 1. The van der Waals surface area contributed by atoms with Gasteiger partial charge in [-0.3, -0.25) is 0 Å². The molecule has 0 bridgehead atoms. The fourth-order valence-electron chi connectivity index (χ4n) is 4.58. The molecule has 3 heterocycles. The van der Waals surface area contributed by atoms with Crippen molar-refractivity contribution in [2.45, 2.75) is 43.2 Å². The number of rotatable bonds is 8. The molecule has 2 aromatic heterocycles. The van der Waals surface area contributed by atoms with Crippen molar-refractivity contribution >= 4 is 38.4 Å². The van der Waals surface area contributed by atoms with Crippen molar-refractivity contribution in [3.8, 4) is 11.1 Å². The van der Waals surface area contributed by atoms with Crippen molar-refractivity contribution in [3.05, 3.63) is 67.0 Å². The molecule has 4 aromatic rings. The van der Waals surface area contributed by atoms with Crippen LogP contribution >= 0.6 is 0 Å². The van der Waals surface area contributed by atoms with E-state index in [1.807, 2.05) is 30.5 Å². The van der Waals surface area contributed by atoms with Crippen LogP contribution in [0.5, 0.6) is 0 Å². The number of aromatic nitrogens is 3. The lowest BCUT2D eigenvalue weighted by molar-refractivity contribution is 0.498. The van der Waals surface area contributed by atoms with E-state index < -0.39 is 10.0 Å². The summed E-state index contributed by atoms with van der Waals surface area (Å²) in [6, 6.07) is 17.0. The van der Waals surface area contributed by atoms with E-state index in [4.69, 9.17) is 10.1 Å². The highest BCUT2D eigenvalue weighted by molar-refractivity contribution is 7.89. The molecule has 186 valence electrons. The van der Waals surface area contributed by atoms with Gasteiger partial charge in [-0.25, -0.2) is 28.5 Å². The van der Waals surface area contributed by atoms with Crippen LogP contribution in [0.4, 0.5) is 17.5 Å². The molecule has 0 aliphatic carbocycles. The van der Waals surface area contributed by atoms with Crippen molar-refractivity contribution in [1.82, 2.24) is 20.3 Å². The number of benzene rings is 2. The van der Waals surface area contributed by atoms with Gasteiger partial charge >= 0.3 is 0 Å². The number of nitrogens with zero attached hydrogens (tertiary/aromatic N) is 3. The predicted molar refractivity (Wildman–Crippen MR) is 143 cm³/mol. The fourth-order valence-corrected chi connectivity index (χ4v) is 5.09. The SMILES string of the molecule is CC[C@H](Nc1ccc(-c2cccc3cnc(Nc4ccc(S(N)(=O)=O)cc4)nc23)cn1)C1CCCN1. The van der Waals surface area contributed by atoms with Crippen molar-refractivity contribution in [3.63, 3.8) is 0 Å². The molecule has 1 aliphatic rings. The Morgan fingerprint density at radius 1 is 1.08 bits per heavy atom. The second kappa shape index (κ2) is 10.2. The Balaban J connectivity index is 1.38. The van der Waals surface area contributed by atoms with E-state index >= 15 is 0 Å². The van der Waals surface area contributed by atoms with Crippen molar-refractivity contribution in [2.24, 2.45) is 5.14 Å². The average Bonchev–Trinajstić information content (AvgIpc) is 3.42. The first-order chi connectivity index (χ1) is 17.4. The lowest BCUT2D eigenvalue weighted by atomic mass is 10.0. The molecular formula is C26H29N7O2S. The van der Waals surface area contributed by atoms with Gasteiger partial charge in [0, 0.05) is 46.7 Å². The zero-order chi connectivity index (χ0) is 25.1. The minimum Gasteiger partial charge on any atom is -0.366 e. The summed E-state index contributed by atoms with van der Waals surface area (Å²) in [5, 5.41) is 16.4. The standard InChI is InChI=1S/C26H29N7O2S/c1-2-22(23-7-4-14-28-23)32-24-13-8-17(15-29-24)21-6-3-5-18-16-30-26(33-25(18)21)31-19-9-11-20(12-10-19)36(27,34)35/h3,5-6,8-13,15-16,22-23,28H,2,4,7,14H2,1H3,(H,29,32)(H2,27,34,35)(H,30,31,33)/t22-,23?/m0/s1. The molecule has 2 atom stereocenters. The number of nitrogens with one attached hydrogen (secondary N) is 3. The maximum Gasteiger partial charge on any atom is 0.238 e. The smallest absolute Gasteiger partial charge is 0.238 e. The minimum absolute atomic E-state index is 0.0463. The third-order valence-corrected chi connectivity index (χ3v) is 7.41. The normalized spacial score (nSPS) is 16.7. The van der Waals surface area contributed by atoms with E-state index in [0.717, 1.165) is 40.8 Å². The highest BCUT2D eigenvalue weighted by Crippen LogP contribution is 2.29. The van der Waals surface area contributed by atoms with Gasteiger partial charge in [-0.05, 0) is 62.2 Å². The number of primary sulfonamides is 1. The molecule has 0 amide bonds. The Labute approximate surface area is 210 Å². The first kappa shape index (κ1) is 24.1. The van der Waals surface area contributed by atoms with E-state index in [0.29, 0.717) is 23.7 Å². The first-order valence-corrected chi connectivity index (χ1v) is 13.6. The van der Waals surface area contributed by atoms with E-state index in [1.54, 1.807) is 18.3 Å². The summed E-state index contributed by atoms with van der Waals surface area (Å²) in [6.07, 6.45) is 7.06. The molecule has 1 saturated heterocycles. The molecular weight excluding hydrogens is 474 g/mol.